The third-order valence-corrected chi connectivity index (χ3v) is 3.91. The summed E-state index contributed by atoms with van der Waals surface area (Å²) in [4.78, 5) is 11.8. The maximum atomic E-state index is 11.8. The summed E-state index contributed by atoms with van der Waals surface area (Å²) in [7, 11) is 0. The van der Waals surface area contributed by atoms with Crippen LogP contribution in [0.25, 0.3) is 0 Å². The van der Waals surface area contributed by atoms with Gasteiger partial charge in [-0.25, -0.2) is 0 Å². The SMILES string of the molecule is CC1CCC(NC(=O)COc2ccc(CN)cc2)CC1. The number of nitrogens with one attached hydrogen (secondary N) is 1. The molecular formula is C16H24N2O2. The molecule has 1 aromatic carbocycles. The summed E-state index contributed by atoms with van der Waals surface area (Å²) in [6, 6.07) is 7.84. The van der Waals surface area contributed by atoms with E-state index in [4.69, 9.17) is 10.5 Å². The highest BCUT2D eigenvalue weighted by Crippen LogP contribution is 2.23. The molecule has 1 aliphatic carbocycles. The van der Waals surface area contributed by atoms with Crippen LogP contribution >= 0.6 is 0 Å². The Kier molecular flexibility index (Phi) is 5.41. The van der Waals surface area contributed by atoms with Crippen LogP contribution in [0.15, 0.2) is 24.3 Å². The van der Waals surface area contributed by atoms with E-state index >= 15 is 0 Å². The van der Waals surface area contributed by atoms with Crippen LogP contribution in [-0.4, -0.2) is 18.6 Å². The van der Waals surface area contributed by atoms with E-state index in [0.29, 0.717) is 18.3 Å². The van der Waals surface area contributed by atoms with E-state index in [1.54, 1.807) is 0 Å². The number of benzene rings is 1. The molecule has 110 valence electrons. The standard InChI is InChI=1S/C16H24N2O2/c1-12-2-6-14(7-3-12)18-16(19)11-20-15-8-4-13(10-17)5-9-15/h4-5,8-9,12,14H,2-3,6-7,10-11,17H2,1H3,(H,18,19). The number of amides is 1. The fraction of sp³-hybridized carbons (Fsp3) is 0.562. The van der Waals surface area contributed by atoms with E-state index in [9.17, 15) is 4.79 Å². The molecule has 4 nitrogen and oxygen atoms in total. The van der Waals surface area contributed by atoms with Crippen molar-refractivity contribution in [3.8, 4) is 5.75 Å². The molecule has 1 aromatic rings. The Hall–Kier alpha value is -1.55. The Morgan fingerprint density at radius 2 is 1.90 bits per heavy atom. The van der Waals surface area contributed by atoms with E-state index in [1.807, 2.05) is 24.3 Å². The molecule has 0 bridgehead atoms. The molecule has 4 heteroatoms. The normalized spacial score (nSPS) is 22.3. The Balaban J connectivity index is 1.71. The summed E-state index contributed by atoms with van der Waals surface area (Å²) < 4.78 is 5.48. The van der Waals surface area contributed by atoms with Crippen LogP contribution in [0.2, 0.25) is 0 Å². The van der Waals surface area contributed by atoms with E-state index in [1.165, 1.54) is 12.8 Å². The first kappa shape index (κ1) is 14.9. The first-order valence-corrected chi connectivity index (χ1v) is 7.38. The van der Waals surface area contributed by atoms with Crippen LogP contribution in [0.5, 0.6) is 5.75 Å². The number of hydrogen-bond acceptors (Lipinski definition) is 3. The Bertz CT molecular complexity index is 423. The van der Waals surface area contributed by atoms with Gasteiger partial charge in [0.2, 0.25) is 0 Å². The molecule has 3 N–H and O–H groups in total. The number of nitrogens with two attached hydrogens (primary N) is 1. The zero-order chi connectivity index (χ0) is 14.4. The van der Waals surface area contributed by atoms with Gasteiger partial charge in [0.1, 0.15) is 5.75 Å². The summed E-state index contributed by atoms with van der Waals surface area (Å²) in [6.07, 6.45) is 4.56. The third kappa shape index (κ3) is 4.53. The van der Waals surface area contributed by atoms with E-state index in [-0.39, 0.29) is 12.5 Å². The summed E-state index contributed by atoms with van der Waals surface area (Å²) in [6.45, 7) is 2.86. The largest absolute Gasteiger partial charge is 0.484 e. The molecule has 0 saturated heterocycles. The highest BCUT2D eigenvalue weighted by atomic mass is 16.5. The van der Waals surface area contributed by atoms with Crippen molar-refractivity contribution in [2.75, 3.05) is 6.61 Å². The lowest BCUT2D eigenvalue weighted by atomic mass is 9.87. The van der Waals surface area contributed by atoms with Crippen LogP contribution in [0.1, 0.15) is 38.2 Å². The van der Waals surface area contributed by atoms with Crippen molar-refractivity contribution in [1.82, 2.24) is 5.32 Å². The van der Waals surface area contributed by atoms with Crippen molar-refractivity contribution in [3.63, 3.8) is 0 Å². The van der Waals surface area contributed by atoms with Gasteiger partial charge in [-0.3, -0.25) is 4.79 Å². The minimum Gasteiger partial charge on any atom is -0.484 e. The topological polar surface area (TPSA) is 64.3 Å². The van der Waals surface area contributed by atoms with Gasteiger partial charge < -0.3 is 15.8 Å². The zero-order valence-corrected chi connectivity index (χ0v) is 12.1. The molecule has 2 rings (SSSR count). The quantitative estimate of drug-likeness (QED) is 0.866. The molecule has 0 aliphatic heterocycles. The molecule has 0 spiro atoms. The molecule has 0 atom stereocenters. The summed E-state index contributed by atoms with van der Waals surface area (Å²) in [5, 5.41) is 3.05. The van der Waals surface area contributed by atoms with Gasteiger partial charge in [-0.1, -0.05) is 19.1 Å². The lowest BCUT2D eigenvalue weighted by Crippen LogP contribution is -2.39. The molecular weight excluding hydrogens is 252 g/mol. The smallest absolute Gasteiger partial charge is 0.258 e. The van der Waals surface area contributed by atoms with Gasteiger partial charge in [0.05, 0.1) is 0 Å². The minimum atomic E-state index is -0.0348. The molecule has 0 aromatic heterocycles. The zero-order valence-electron chi connectivity index (χ0n) is 12.1. The highest BCUT2D eigenvalue weighted by molar-refractivity contribution is 5.77. The first-order chi connectivity index (χ1) is 9.67. The van der Waals surface area contributed by atoms with Gasteiger partial charge in [-0.2, -0.15) is 0 Å². The van der Waals surface area contributed by atoms with Crippen molar-refractivity contribution >= 4 is 5.91 Å². The number of ether oxygens (including phenoxy) is 1. The molecule has 0 unspecified atom stereocenters. The van der Waals surface area contributed by atoms with E-state index in [2.05, 4.69) is 12.2 Å². The van der Waals surface area contributed by atoms with Gasteiger partial charge in [0.15, 0.2) is 6.61 Å². The number of hydrogen-bond donors (Lipinski definition) is 2. The van der Waals surface area contributed by atoms with Crippen LogP contribution in [0.3, 0.4) is 0 Å². The number of carbonyl (C=O) groups is 1. The Labute approximate surface area is 120 Å². The second-order valence-electron chi connectivity index (χ2n) is 5.66. The molecule has 1 fully saturated rings. The predicted octanol–water partition coefficient (Wildman–Crippen LogP) is 2.22. The Morgan fingerprint density at radius 3 is 2.50 bits per heavy atom. The fourth-order valence-electron chi connectivity index (χ4n) is 2.54. The minimum absolute atomic E-state index is 0.0348. The van der Waals surface area contributed by atoms with Gasteiger partial charge >= 0.3 is 0 Å². The van der Waals surface area contributed by atoms with Gasteiger partial charge in [0.25, 0.3) is 5.91 Å². The third-order valence-electron chi connectivity index (χ3n) is 3.91. The highest BCUT2D eigenvalue weighted by Gasteiger charge is 2.19. The number of rotatable bonds is 5. The molecule has 1 saturated carbocycles. The number of carbonyl (C=O) groups excluding carboxylic acids is 1. The summed E-state index contributed by atoms with van der Waals surface area (Å²) >= 11 is 0. The predicted molar refractivity (Wildman–Crippen MR) is 79.4 cm³/mol. The van der Waals surface area contributed by atoms with E-state index in [0.717, 1.165) is 24.3 Å². The fourth-order valence-corrected chi connectivity index (χ4v) is 2.54. The first-order valence-electron chi connectivity index (χ1n) is 7.38. The van der Waals surface area contributed by atoms with Crippen LogP contribution in [0.4, 0.5) is 0 Å². The van der Waals surface area contributed by atoms with Crippen LogP contribution < -0.4 is 15.8 Å². The van der Waals surface area contributed by atoms with Crippen LogP contribution in [-0.2, 0) is 11.3 Å². The Morgan fingerprint density at radius 1 is 1.25 bits per heavy atom. The molecule has 0 heterocycles. The maximum absolute atomic E-state index is 11.8. The van der Waals surface area contributed by atoms with Crippen molar-refractivity contribution in [2.45, 2.75) is 45.2 Å². The van der Waals surface area contributed by atoms with Crippen molar-refractivity contribution in [3.05, 3.63) is 29.8 Å². The van der Waals surface area contributed by atoms with Crippen molar-refractivity contribution in [2.24, 2.45) is 11.7 Å². The monoisotopic (exact) mass is 276 g/mol. The summed E-state index contributed by atoms with van der Waals surface area (Å²) in [5.74, 6) is 1.46. The van der Waals surface area contributed by atoms with Gasteiger partial charge in [-0.15, -0.1) is 0 Å². The molecule has 1 amide bonds. The lowest BCUT2D eigenvalue weighted by Gasteiger charge is -2.26. The average Bonchev–Trinajstić information content (AvgIpc) is 2.48. The molecule has 20 heavy (non-hydrogen) atoms. The van der Waals surface area contributed by atoms with Crippen molar-refractivity contribution < 1.29 is 9.53 Å². The second kappa shape index (κ2) is 7.29. The summed E-state index contributed by atoms with van der Waals surface area (Å²) in [5.41, 5.74) is 6.58. The van der Waals surface area contributed by atoms with Crippen LogP contribution in [0, 0.1) is 5.92 Å². The average molecular weight is 276 g/mol. The van der Waals surface area contributed by atoms with E-state index < -0.39 is 0 Å². The molecule has 1 aliphatic rings. The van der Waals surface area contributed by atoms with Gasteiger partial charge in [0, 0.05) is 12.6 Å². The second-order valence-corrected chi connectivity index (χ2v) is 5.66. The van der Waals surface area contributed by atoms with Crippen molar-refractivity contribution in [1.29, 1.82) is 0 Å². The maximum Gasteiger partial charge on any atom is 0.258 e. The lowest BCUT2D eigenvalue weighted by molar-refractivity contribution is -0.124. The molecule has 0 radical (unpaired) electrons. The van der Waals surface area contributed by atoms with Gasteiger partial charge in [-0.05, 0) is 49.3 Å².